The molecule has 2 aromatic carbocycles. The molecular formula is C22H26ClN3O4. The van der Waals surface area contributed by atoms with Gasteiger partial charge in [0.25, 0.3) is 0 Å². The number of carbonyl (C=O) groups excluding carboxylic acids is 2. The predicted molar refractivity (Wildman–Crippen MR) is 114 cm³/mol. The van der Waals surface area contributed by atoms with Gasteiger partial charge in [0.15, 0.2) is 0 Å². The number of amides is 2. The largest absolute Gasteiger partial charge is 0.497 e. The molecule has 160 valence electrons. The SMILES string of the molecule is COc1ccc([C@@H](CNC(=O)C(=O)NCc2ccccc2Cl)N2CCOCC2)cc1. The van der Waals surface area contributed by atoms with E-state index in [1.54, 1.807) is 19.2 Å². The van der Waals surface area contributed by atoms with E-state index >= 15 is 0 Å². The van der Waals surface area contributed by atoms with Crippen LogP contribution < -0.4 is 15.4 Å². The van der Waals surface area contributed by atoms with Crippen LogP contribution in [-0.4, -0.2) is 56.7 Å². The molecule has 1 saturated heterocycles. The number of nitrogens with one attached hydrogen (secondary N) is 2. The zero-order chi connectivity index (χ0) is 21.3. The number of benzene rings is 2. The molecule has 0 unspecified atom stereocenters. The molecule has 0 radical (unpaired) electrons. The normalized spacial score (nSPS) is 15.3. The van der Waals surface area contributed by atoms with Gasteiger partial charge in [-0.05, 0) is 29.3 Å². The quantitative estimate of drug-likeness (QED) is 0.657. The maximum atomic E-state index is 12.3. The Labute approximate surface area is 181 Å². The Bertz CT molecular complexity index is 854. The van der Waals surface area contributed by atoms with E-state index in [0.717, 1.165) is 30.0 Å². The number of hydrogen-bond acceptors (Lipinski definition) is 5. The van der Waals surface area contributed by atoms with Gasteiger partial charge in [0, 0.05) is 31.2 Å². The summed E-state index contributed by atoms with van der Waals surface area (Å²) in [5, 5.41) is 5.92. The fourth-order valence-electron chi connectivity index (χ4n) is 3.34. The lowest BCUT2D eigenvalue weighted by Crippen LogP contribution is -2.46. The van der Waals surface area contributed by atoms with Crippen LogP contribution in [0.4, 0.5) is 0 Å². The van der Waals surface area contributed by atoms with Crippen LogP contribution in [0, 0.1) is 0 Å². The Morgan fingerprint density at radius 1 is 1.07 bits per heavy atom. The highest BCUT2D eigenvalue weighted by molar-refractivity contribution is 6.35. The molecule has 0 aliphatic carbocycles. The highest BCUT2D eigenvalue weighted by atomic mass is 35.5. The molecule has 2 amide bonds. The van der Waals surface area contributed by atoms with Crippen molar-refractivity contribution in [3.63, 3.8) is 0 Å². The molecule has 1 heterocycles. The van der Waals surface area contributed by atoms with Crippen molar-refractivity contribution in [2.75, 3.05) is 40.0 Å². The Kier molecular flexibility index (Phi) is 8.07. The van der Waals surface area contributed by atoms with E-state index in [-0.39, 0.29) is 12.6 Å². The van der Waals surface area contributed by atoms with E-state index < -0.39 is 11.8 Å². The molecule has 0 bridgehead atoms. The summed E-state index contributed by atoms with van der Waals surface area (Å²) in [4.78, 5) is 26.8. The molecule has 1 aliphatic rings. The maximum absolute atomic E-state index is 12.3. The molecule has 1 atom stereocenters. The highest BCUT2D eigenvalue weighted by Crippen LogP contribution is 2.23. The van der Waals surface area contributed by atoms with Crippen LogP contribution >= 0.6 is 11.6 Å². The Morgan fingerprint density at radius 3 is 2.40 bits per heavy atom. The molecule has 7 nitrogen and oxygen atoms in total. The van der Waals surface area contributed by atoms with Gasteiger partial charge in [0.2, 0.25) is 0 Å². The minimum atomic E-state index is -0.689. The molecule has 0 saturated carbocycles. The minimum absolute atomic E-state index is 0.0693. The summed E-state index contributed by atoms with van der Waals surface area (Å²) in [6.45, 7) is 3.29. The van der Waals surface area contributed by atoms with Crippen molar-refractivity contribution in [1.29, 1.82) is 0 Å². The second kappa shape index (κ2) is 11.0. The van der Waals surface area contributed by atoms with E-state index in [4.69, 9.17) is 21.1 Å². The molecular weight excluding hydrogens is 406 g/mol. The first-order valence-electron chi connectivity index (χ1n) is 9.83. The monoisotopic (exact) mass is 431 g/mol. The van der Waals surface area contributed by atoms with Crippen LogP contribution in [0.1, 0.15) is 17.2 Å². The van der Waals surface area contributed by atoms with Gasteiger partial charge in [-0.15, -0.1) is 0 Å². The smallest absolute Gasteiger partial charge is 0.309 e. The second-order valence-corrected chi connectivity index (χ2v) is 7.33. The number of carbonyl (C=O) groups is 2. The van der Waals surface area contributed by atoms with E-state index in [1.807, 2.05) is 36.4 Å². The number of ether oxygens (including phenoxy) is 2. The lowest BCUT2D eigenvalue weighted by Gasteiger charge is -2.34. The summed E-state index contributed by atoms with van der Waals surface area (Å²) in [5.41, 5.74) is 1.79. The average molecular weight is 432 g/mol. The van der Waals surface area contributed by atoms with Gasteiger partial charge in [0.05, 0.1) is 26.4 Å². The zero-order valence-corrected chi connectivity index (χ0v) is 17.7. The van der Waals surface area contributed by atoms with E-state index in [2.05, 4.69) is 15.5 Å². The third-order valence-electron chi connectivity index (χ3n) is 5.05. The van der Waals surface area contributed by atoms with Gasteiger partial charge in [0.1, 0.15) is 5.75 Å². The molecule has 8 heteroatoms. The molecule has 2 N–H and O–H groups in total. The summed E-state index contributed by atoms with van der Waals surface area (Å²) in [5.74, 6) is -0.596. The zero-order valence-electron chi connectivity index (χ0n) is 16.9. The first kappa shape index (κ1) is 22.1. The number of methoxy groups -OCH3 is 1. The van der Waals surface area contributed by atoms with Crippen molar-refractivity contribution in [3.8, 4) is 5.75 Å². The van der Waals surface area contributed by atoms with Crippen LogP contribution in [0.5, 0.6) is 5.75 Å². The van der Waals surface area contributed by atoms with Crippen LogP contribution in [0.25, 0.3) is 0 Å². The van der Waals surface area contributed by atoms with E-state index in [0.29, 0.717) is 24.8 Å². The fourth-order valence-corrected chi connectivity index (χ4v) is 3.54. The van der Waals surface area contributed by atoms with Crippen LogP contribution in [0.2, 0.25) is 5.02 Å². The van der Waals surface area contributed by atoms with Crippen molar-refractivity contribution < 1.29 is 19.1 Å². The van der Waals surface area contributed by atoms with Crippen molar-refractivity contribution in [2.45, 2.75) is 12.6 Å². The summed E-state index contributed by atoms with van der Waals surface area (Å²) in [7, 11) is 1.62. The minimum Gasteiger partial charge on any atom is -0.497 e. The molecule has 1 fully saturated rings. The predicted octanol–water partition coefficient (Wildman–Crippen LogP) is 2.15. The number of rotatable bonds is 7. The number of morpholine rings is 1. The van der Waals surface area contributed by atoms with Crippen LogP contribution in [0.3, 0.4) is 0 Å². The van der Waals surface area contributed by atoms with Crippen molar-refractivity contribution >= 4 is 23.4 Å². The third kappa shape index (κ3) is 5.95. The molecule has 1 aliphatic heterocycles. The summed E-state index contributed by atoms with van der Waals surface area (Å²) in [6.07, 6.45) is 0. The van der Waals surface area contributed by atoms with Gasteiger partial charge < -0.3 is 20.1 Å². The van der Waals surface area contributed by atoms with E-state index in [1.165, 1.54) is 0 Å². The Morgan fingerprint density at radius 2 is 1.73 bits per heavy atom. The molecule has 2 aromatic rings. The standard InChI is InChI=1S/C22H26ClN3O4/c1-29-18-8-6-16(7-9-18)20(26-10-12-30-13-11-26)15-25-22(28)21(27)24-14-17-4-2-3-5-19(17)23/h2-9,20H,10-15H2,1H3,(H,24,27)(H,25,28)/t20-/m1/s1. The lowest BCUT2D eigenvalue weighted by atomic mass is 10.0. The first-order valence-corrected chi connectivity index (χ1v) is 10.2. The van der Waals surface area contributed by atoms with Crippen LogP contribution in [-0.2, 0) is 20.9 Å². The van der Waals surface area contributed by atoms with Crippen molar-refractivity contribution in [3.05, 3.63) is 64.7 Å². The second-order valence-electron chi connectivity index (χ2n) is 6.92. The molecule has 30 heavy (non-hydrogen) atoms. The summed E-state index contributed by atoms with van der Waals surface area (Å²) < 4.78 is 10.7. The summed E-state index contributed by atoms with van der Waals surface area (Å²) >= 11 is 6.09. The first-order chi connectivity index (χ1) is 14.6. The lowest BCUT2D eigenvalue weighted by molar-refractivity contribution is -0.139. The van der Waals surface area contributed by atoms with E-state index in [9.17, 15) is 9.59 Å². The number of halogens is 1. The number of nitrogens with zero attached hydrogens (tertiary/aromatic N) is 1. The number of hydrogen-bond donors (Lipinski definition) is 2. The summed E-state index contributed by atoms with van der Waals surface area (Å²) in [6, 6.07) is 14.8. The molecule has 0 aromatic heterocycles. The third-order valence-corrected chi connectivity index (χ3v) is 5.42. The van der Waals surface area contributed by atoms with Crippen molar-refractivity contribution in [2.24, 2.45) is 0 Å². The Hall–Kier alpha value is -2.61. The Balaban J connectivity index is 1.60. The molecule has 0 spiro atoms. The van der Waals surface area contributed by atoms with Gasteiger partial charge in [-0.2, -0.15) is 0 Å². The van der Waals surface area contributed by atoms with Gasteiger partial charge in [-0.1, -0.05) is 41.9 Å². The van der Waals surface area contributed by atoms with Crippen LogP contribution in [0.15, 0.2) is 48.5 Å². The fraction of sp³-hybridized carbons (Fsp3) is 0.364. The average Bonchev–Trinajstić information content (AvgIpc) is 2.79. The van der Waals surface area contributed by atoms with Gasteiger partial charge in [-0.3, -0.25) is 14.5 Å². The van der Waals surface area contributed by atoms with Crippen molar-refractivity contribution in [1.82, 2.24) is 15.5 Å². The van der Waals surface area contributed by atoms with Gasteiger partial charge in [-0.25, -0.2) is 0 Å². The van der Waals surface area contributed by atoms with Gasteiger partial charge >= 0.3 is 11.8 Å². The maximum Gasteiger partial charge on any atom is 0.309 e. The topological polar surface area (TPSA) is 79.9 Å². The highest BCUT2D eigenvalue weighted by Gasteiger charge is 2.24. The molecule has 3 rings (SSSR count).